The minimum atomic E-state index is -0.392. The van der Waals surface area contributed by atoms with Crippen molar-refractivity contribution in [3.8, 4) is 0 Å². The molecule has 2 rings (SSSR count). The normalized spacial score (nSPS) is 10.2. The lowest BCUT2D eigenvalue weighted by atomic mass is 10.2. The van der Waals surface area contributed by atoms with E-state index in [1.165, 1.54) is 12.3 Å². The molecule has 0 spiro atoms. The van der Waals surface area contributed by atoms with E-state index in [1.807, 2.05) is 0 Å². The Hall–Kier alpha value is -2.37. The van der Waals surface area contributed by atoms with E-state index >= 15 is 0 Å². The third kappa shape index (κ3) is 2.60. The second-order valence-corrected chi connectivity index (χ2v) is 3.60. The predicted molar refractivity (Wildman–Crippen MR) is 61.7 cm³/mol. The van der Waals surface area contributed by atoms with Crippen LogP contribution in [-0.2, 0) is 6.54 Å². The minimum absolute atomic E-state index is 0.107. The molecule has 1 aromatic carbocycles. The van der Waals surface area contributed by atoms with E-state index in [-0.39, 0.29) is 5.69 Å². The summed E-state index contributed by atoms with van der Waals surface area (Å²) in [6.45, 7) is 2.18. The van der Waals surface area contributed by atoms with Gasteiger partial charge in [0.05, 0.1) is 11.5 Å². The van der Waals surface area contributed by atoms with E-state index in [9.17, 15) is 10.1 Å². The topological polar surface area (TPSA) is 81.2 Å². The molecule has 1 aromatic heterocycles. The number of rotatable bonds is 4. The molecule has 0 unspecified atom stereocenters. The molecule has 0 saturated carbocycles. The van der Waals surface area contributed by atoms with Gasteiger partial charge in [-0.3, -0.25) is 10.1 Å². The molecule has 0 bridgehead atoms. The summed E-state index contributed by atoms with van der Waals surface area (Å²) in [7, 11) is 0. The zero-order valence-corrected chi connectivity index (χ0v) is 9.21. The zero-order valence-electron chi connectivity index (χ0n) is 9.21. The maximum Gasteiger partial charge on any atom is 0.274 e. The number of nitrogens with one attached hydrogen (secondary N) is 1. The first kappa shape index (κ1) is 11.1. The Morgan fingerprint density at radius 2 is 2.29 bits per heavy atom. The van der Waals surface area contributed by atoms with Crippen LogP contribution in [0, 0.1) is 17.0 Å². The van der Waals surface area contributed by atoms with Crippen LogP contribution in [-0.4, -0.2) is 10.1 Å². The number of hydrogen-bond acceptors (Lipinski definition) is 5. The number of nitro groups is 1. The van der Waals surface area contributed by atoms with Gasteiger partial charge >= 0.3 is 0 Å². The van der Waals surface area contributed by atoms with Crippen molar-refractivity contribution in [3.63, 3.8) is 0 Å². The molecule has 2 aromatic rings. The van der Waals surface area contributed by atoms with Crippen LogP contribution in [0.1, 0.15) is 11.3 Å². The molecule has 0 radical (unpaired) electrons. The van der Waals surface area contributed by atoms with E-state index in [0.717, 1.165) is 5.69 Å². The average Bonchev–Trinajstić information content (AvgIpc) is 2.80. The van der Waals surface area contributed by atoms with Gasteiger partial charge in [0, 0.05) is 23.4 Å². The van der Waals surface area contributed by atoms with Crippen molar-refractivity contribution >= 4 is 11.4 Å². The van der Waals surface area contributed by atoms with Gasteiger partial charge in [-0.15, -0.1) is 0 Å². The molecule has 0 fully saturated rings. The largest absolute Gasteiger partial charge is 0.379 e. The Balaban J connectivity index is 2.11. The molecule has 0 saturated heterocycles. The number of aryl methyl sites for hydroxylation is 1. The number of anilines is 1. The molecule has 0 aliphatic heterocycles. The number of benzene rings is 1. The van der Waals surface area contributed by atoms with Crippen LogP contribution in [0.15, 0.2) is 35.1 Å². The number of nitrogens with zero attached hydrogens (tertiary/aromatic N) is 2. The minimum Gasteiger partial charge on any atom is -0.379 e. The number of hydrogen-bond donors (Lipinski definition) is 1. The fourth-order valence-corrected chi connectivity index (χ4v) is 1.44. The third-order valence-corrected chi connectivity index (χ3v) is 2.37. The fraction of sp³-hybridized carbons (Fsp3) is 0.182. The summed E-state index contributed by atoms with van der Waals surface area (Å²) in [5.41, 5.74) is 2.18. The highest BCUT2D eigenvalue weighted by atomic mass is 16.6. The van der Waals surface area contributed by atoms with Crippen molar-refractivity contribution in [1.29, 1.82) is 0 Å². The maximum absolute atomic E-state index is 10.8. The van der Waals surface area contributed by atoms with E-state index in [1.54, 1.807) is 25.1 Å². The third-order valence-electron chi connectivity index (χ3n) is 2.37. The van der Waals surface area contributed by atoms with Crippen LogP contribution in [0.3, 0.4) is 0 Å². The Bertz CT molecular complexity index is 523. The molecular weight excluding hydrogens is 222 g/mol. The highest BCUT2D eigenvalue weighted by Crippen LogP contribution is 2.22. The highest BCUT2D eigenvalue weighted by molar-refractivity contribution is 5.54. The molecule has 17 heavy (non-hydrogen) atoms. The lowest BCUT2D eigenvalue weighted by molar-refractivity contribution is -0.385. The average molecular weight is 233 g/mol. The summed E-state index contributed by atoms with van der Waals surface area (Å²) in [6.07, 6.45) is 1.48. The van der Waals surface area contributed by atoms with E-state index in [0.29, 0.717) is 17.8 Å². The first-order valence-corrected chi connectivity index (χ1v) is 5.05. The molecule has 88 valence electrons. The molecule has 1 N–H and O–H groups in total. The van der Waals surface area contributed by atoms with Crippen molar-refractivity contribution in [2.75, 3.05) is 5.32 Å². The van der Waals surface area contributed by atoms with Crippen LogP contribution in [0.5, 0.6) is 0 Å². The van der Waals surface area contributed by atoms with Crippen LogP contribution in [0.2, 0.25) is 0 Å². The van der Waals surface area contributed by atoms with Crippen LogP contribution in [0.25, 0.3) is 0 Å². The van der Waals surface area contributed by atoms with Crippen molar-refractivity contribution in [2.24, 2.45) is 0 Å². The predicted octanol–water partition coefficient (Wildman–Crippen LogP) is 2.50. The summed E-state index contributed by atoms with van der Waals surface area (Å²) < 4.78 is 4.69. The van der Waals surface area contributed by atoms with Gasteiger partial charge in [0.1, 0.15) is 12.0 Å². The van der Waals surface area contributed by atoms with E-state index in [4.69, 9.17) is 0 Å². The highest BCUT2D eigenvalue weighted by Gasteiger charge is 2.10. The quantitative estimate of drug-likeness (QED) is 0.648. The van der Waals surface area contributed by atoms with Gasteiger partial charge in [0.25, 0.3) is 5.69 Å². The summed E-state index contributed by atoms with van der Waals surface area (Å²) in [6, 6.07) is 6.75. The van der Waals surface area contributed by atoms with Crippen molar-refractivity contribution < 1.29 is 9.45 Å². The van der Waals surface area contributed by atoms with Crippen LogP contribution in [0.4, 0.5) is 11.4 Å². The molecule has 1 heterocycles. The SMILES string of the molecule is Cc1ccc(NCc2ccon2)cc1[N+](=O)[O-]. The fourth-order valence-electron chi connectivity index (χ4n) is 1.44. The molecule has 0 amide bonds. The van der Waals surface area contributed by atoms with Crippen molar-refractivity contribution in [2.45, 2.75) is 13.5 Å². The summed E-state index contributed by atoms with van der Waals surface area (Å²) in [5.74, 6) is 0. The molecule has 0 aliphatic carbocycles. The smallest absolute Gasteiger partial charge is 0.274 e. The van der Waals surface area contributed by atoms with E-state index < -0.39 is 4.92 Å². The van der Waals surface area contributed by atoms with Gasteiger partial charge in [0.2, 0.25) is 0 Å². The Kier molecular flexibility index (Phi) is 3.04. The standard InChI is InChI=1S/C11H11N3O3/c1-8-2-3-9(6-11(8)14(15)16)12-7-10-4-5-17-13-10/h2-6,12H,7H2,1H3. The Labute approximate surface area is 97.4 Å². The lowest BCUT2D eigenvalue weighted by Crippen LogP contribution is -2.00. The second kappa shape index (κ2) is 4.65. The van der Waals surface area contributed by atoms with Gasteiger partial charge in [0.15, 0.2) is 0 Å². The Morgan fingerprint density at radius 1 is 1.47 bits per heavy atom. The van der Waals surface area contributed by atoms with Crippen LogP contribution < -0.4 is 5.32 Å². The Morgan fingerprint density at radius 3 is 2.94 bits per heavy atom. The van der Waals surface area contributed by atoms with Gasteiger partial charge in [-0.1, -0.05) is 11.2 Å². The van der Waals surface area contributed by atoms with Crippen LogP contribution >= 0.6 is 0 Å². The molecule has 0 atom stereocenters. The lowest BCUT2D eigenvalue weighted by Gasteiger charge is -2.05. The summed E-state index contributed by atoms with van der Waals surface area (Å²) >= 11 is 0. The van der Waals surface area contributed by atoms with Gasteiger partial charge < -0.3 is 9.84 Å². The number of aromatic nitrogens is 1. The zero-order chi connectivity index (χ0) is 12.3. The first-order chi connectivity index (χ1) is 8.16. The van der Waals surface area contributed by atoms with Crippen molar-refractivity contribution in [1.82, 2.24) is 5.16 Å². The second-order valence-electron chi connectivity index (χ2n) is 3.60. The molecule has 0 aliphatic rings. The summed E-state index contributed by atoms with van der Waals surface area (Å²) in [5, 5.41) is 17.5. The van der Waals surface area contributed by atoms with E-state index in [2.05, 4.69) is 15.0 Å². The van der Waals surface area contributed by atoms with Crippen molar-refractivity contribution in [3.05, 3.63) is 51.9 Å². The first-order valence-electron chi connectivity index (χ1n) is 5.05. The number of nitro benzene ring substituents is 1. The summed E-state index contributed by atoms with van der Waals surface area (Å²) in [4.78, 5) is 10.4. The van der Waals surface area contributed by atoms with Gasteiger partial charge in [-0.2, -0.15) is 0 Å². The molecule has 6 nitrogen and oxygen atoms in total. The van der Waals surface area contributed by atoms with Gasteiger partial charge in [-0.25, -0.2) is 0 Å². The monoisotopic (exact) mass is 233 g/mol. The van der Waals surface area contributed by atoms with Gasteiger partial charge in [-0.05, 0) is 13.0 Å². The molecule has 6 heteroatoms. The molecular formula is C11H11N3O3. The maximum atomic E-state index is 10.8.